The monoisotopic (exact) mass is 342 g/mol. The van der Waals surface area contributed by atoms with E-state index in [-0.39, 0.29) is 24.2 Å². The summed E-state index contributed by atoms with van der Waals surface area (Å²) in [4.78, 5) is 26.2. The lowest BCUT2D eigenvalue weighted by molar-refractivity contribution is -0.126. The average molecular weight is 343 g/mol. The van der Waals surface area contributed by atoms with Crippen LogP contribution in [0.2, 0.25) is 5.02 Å². The summed E-state index contributed by atoms with van der Waals surface area (Å²) in [7, 11) is 0. The van der Waals surface area contributed by atoms with Crippen molar-refractivity contribution in [2.75, 3.05) is 11.4 Å². The zero-order chi connectivity index (χ0) is 17.1. The molecule has 2 aromatic carbocycles. The Kier molecular flexibility index (Phi) is 4.86. The SMILES string of the molecule is Cc1cccc(CNC(=O)[C@H]2CC(=O)N(c3cccc(Cl)c3)C2)c1. The van der Waals surface area contributed by atoms with Crippen molar-refractivity contribution in [3.63, 3.8) is 0 Å². The van der Waals surface area contributed by atoms with Crippen LogP contribution in [0, 0.1) is 12.8 Å². The van der Waals surface area contributed by atoms with Gasteiger partial charge in [0, 0.05) is 30.2 Å². The van der Waals surface area contributed by atoms with Gasteiger partial charge >= 0.3 is 0 Å². The molecule has 5 heteroatoms. The first-order valence-electron chi connectivity index (χ1n) is 7.92. The third-order valence-corrected chi connectivity index (χ3v) is 4.40. The van der Waals surface area contributed by atoms with E-state index >= 15 is 0 Å². The number of rotatable bonds is 4. The maximum atomic E-state index is 12.4. The Balaban J connectivity index is 1.61. The fourth-order valence-corrected chi connectivity index (χ4v) is 3.12. The van der Waals surface area contributed by atoms with Gasteiger partial charge in [0.05, 0.1) is 5.92 Å². The topological polar surface area (TPSA) is 49.4 Å². The minimum atomic E-state index is -0.332. The normalized spacial score (nSPS) is 17.2. The van der Waals surface area contributed by atoms with Crippen molar-refractivity contribution in [3.05, 3.63) is 64.7 Å². The first-order valence-corrected chi connectivity index (χ1v) is 8.30. The first kappa shape index (κ1) is 16.5. The summed E-state index contributed by atoms with van der Waals surface area (Å²) in [6.07, 6.45) is 0.228. The highest BCUT2D eigenvalue weighted by Crippen LogP contribution is 2.27. The molecule has 0 unspecified atom stereocenters. The predicted octanol–water partition coefficient (Wildman–Crippen LogP) is 3.32. The Morgan fingerprint density at radius 1 is 1.25 bits per heavy atom. The fraction of sp³-hybridized carbons (Fsp3) is 0.263. The van der Waals surface area contributed by atoms with Crippen molar-refractivity contribution in [2.45, 2.75) is 19.9 Å². The van der Waals surface area contributed by atoms with Gasteiger partial charge in [-0.25, -0.2) is 0 Å². The molecule has 24 heavy (non-hydrogen) atoms. The summed E-state index contributed by atoms with van der Waals surface area (Å²) in [5, 5.41) is 3.50. The summed E-state index contributed by atoms with van der Waals surface area (Å²) < 4.78 is 0. The molecule has 1 N–H and O–H groups in total. The molecule has 0 saturated carbocycles. The standard InChI is InChI=1S/C19H19ClN2O2/c1-13-4-2-5-14(8-13)11-21-19(24)15-9-18(23)22(12-15)17-7-3-6-16(20)10-17/h2-8,10,15H,9,11-12H2,1H3,(H,21,24)/t15-/m0/s1. The number of hydrogen-bond donors (Lipinski definition) is 1. The largest absolute Gasteiger partial charge is 0.352 e. The molecule has 1 fully saturated rings. The van der Waals surface area contributed by atoms with E-state index in [0.717, 1.165) is 16.8 Å². The van der Waals surface area contributed by atoms with Gasteiger partial charge in [0.15, 0.2) is 0 Å². The van der Waals surface area contributed by atoms with Crippen LogP contribution in [0.3, 0.4) is 0 Å². The van der Waals surface area contributed by atoms with Crippen molar-refractivity contribution < 1.29 is 9.59 Å². The van der Waals surface area contributed by atoms with E-state index in [9.17, 15) is 9.59 Å². The van der Waals surface area contributed by atoms with Crippen LogP contribution in [0.4, 0.5) is 5.69 Å². The molecule has 0 aliphatic carbocycles. The van der Waals surface area contributed by atoms with Gasteiger partial charge in [-0.1, -0.05) is 47.5 Å². The van der Waals surface area contributed by atoms with E-state index in [2.05, 4.69) is 5.32 Å². The number of nitrogens with zero attached hydrogens (tertiary/aromatic N) is 1. The zero-order valence-electron chi connectivity index (χ0n) is 13.5. The van der Waals surface area contributed by atoms with Gasteiger partial charge in [0.1, 0.15) is 0 Å². The van der Waals surface area contributed by atoms with Gasteiger partial charge in [-0.3, -0.25) is 9.59 Å². The molecule has 1 heterocycles. The Labute approximate surface area is 146 Å². The second-order valence-corrected chi connectivity index (χ2v) is 6.53. The van der Waals surface area contributed by atoms with Crippen molar-refractivity contribution in [1.29, 1.82) is 0 Å². The minimum Gasteiger partial charge on any atom is -0.352 e. The number of carbonyl (C=O) groups excluding carboxylic acids is 2. The molecular weight excluding hydrogens is 324 g/mol. The molecule has 2 aromatic rings. The van der Waals surface area contributed by atoms with E-state index in [0.29, 0.717) is 18.1 Å². The van der Waals surface area contributed by atoms with Gasteiger partial charge in [-0.2, -0.15) is 0 Å². The van der Waals surface area contributed by atoms with Crippen molar-refractivity contribution in [2.24, 2.45) is 5.92 Å². The molecule has 0 spiro atoms. The van der Waals surface area contributed by atoms with Gasteiger partial charge in [0.25, 0.3) is 0 Å². The number of hydrogen-bond acceptors (Lipinski definition) is 2. The molecule has 1 aliphatic rings. The number of anilines is 1. The lowest BCUT2D eigenvalue weighted by atomic mass is 10.1. The molecule has 1 aliphatic heterocycles. The second-order valence-electron chi connectivity index (χ2n) is 6.09. The Hall–Kier alpha value is -2.33. The van der Waals surface area contributed by atoms with E-state index in [1.807, 2.05) is 37.3 Å². The van der Waals surface area contributed by atoms with Crippen molar-refractivity contribution in [3.8, 4) is 0 Å². The molecule has 3 rings (SSSR count). The number of aryl methyl sites for hydroxylation is 1. The summed E-state index contributed by atoms with van der Waals surface area (Å²) >= 11 is 5.98. The molecular formula is C19H19ClN2O2. The van der Waals surface area contributed by atoms with E-state index < -0.39 is 0 Å². The van der Waals surface area contributed by atoms with E-state index in [1.165, 1.54) is 0 Å². The van der Waals surface area contributed by atoms with E-state index in [1.54, 1.807) is 23.1 Å². The van der Waals surface area contributed by atoms with Gasteiger partial charge in [-0.15, -0.1) is 0 Å². The first-order chi connectivity index (χ1) is 11.5. The zero-order valence-corrected chi connectivity index (χ0v) is 14.2. The molecule has 1 atom stereocenters. The highest BCUT2D eigenvalue weighted by molar-refractivity contribution is 6.30. The van der Waals surface area contributed by atoms with Crippen LogP contribution >= 0.6 is 11.6 Å². The summed E-state index contributed by atoms with van der Waals surface area (Å²) in [5.74, 6) is -0.469. The number of amides is 2. The number of benzene rings is 2. The van der Waals surface area contributed by atoms with Crippen LogP contribution in [0.1, 0.15) is 17.5 Å². The third kappa shape index (κ3) is 3.77. The number of carbonyl (C=O) groups is 2. The van der Waals surface area contributed by atoms with Crippen LogP contribution in [0.5, 0.6) is 0 Å². The quantitative estimate of drug-likeness (QED) is 0.926. The highest BCUT2D eigenvalue weighted by Gasteiger charge is 2.35. The van der Waals surface area contributed by atoms with Crippen LogP contribution in [0.15, 0.2) is 48.5 Å². The molecule has 4 nitrogen and oxygen atoms in total. The highest BCUT2D eigenvalue weighted by atomic mass is 35.5. The van der Waals surface area contributed by atoms with Gasteiger partial charge < -0.3 is 10.2 Å². The summed E-state index contributed by atoms with van der Waals surface area (Å²) in [6, 6.07) is 15.1. The lowest BCUT2D eigenvalue weighted by Gasteiger charge is -2.17. The Morgan fingerprint density at radius 3 is 2.79 bits per heavy atom. The molecule has 2 amide bonds. The van der Waals surface area contributed by atoms with E-state index in [4.69, 9.17) is 11.6 Å². The molecule has 0 aromatic heterocycles. The van der Waals surface area contributed by atoms with Crippen LogP contribution in [-0.2, 0) is 16.1 Å². The van der Waals surface area contributed by atoms with Crippen LogP contribution < -0.4 is 10.2 Å². The maximum absolute atomic E-state index is 12.4. The fourth-order valence-electron chi connectivity index (χ4n) is 2.93. The summed E-state index contributed by atoms with van der Waals surface area (Å²) in [6.45, 7) is 2.88. The number of nitrogens with one attached hydrogen (secondary N) is 1. The minimum absolute atomic E-state index is 0.0482. The average Bonchev–Trinajstić information content (AvgIpc) is 2.95. The summed E-state index contributed by atoms with van der Waals surface area (Å²) in [5.41, 5.74) is 2.95. The van der Waals surface area contributed by atoms with Crippen molar-refractivity contribution >= 4 is 29.1 Å². The smallest absolute Gasteiger partial charge is 0.227 e. The third-order valence-electron chi connectivity index (χ3n) is 4.16. The molecule has 0 radical (unpaired) electrons. The van der Waals surface area contributed by atoms with Gasteiger partial charge in [0.2, 0.25) is 11.8 Å². The Bertz CT molecular complexity index is 775. The molecule has 124 valence electrons. The van der Waals surface area contributed by atoms with Gasteiger partial charge in [-0.05, 0) is 30.7 Å². The molecule has 0 bridgehead atoms. The van der Waals surface area contributed by atoms with Crippen LogP contribution in [0.25, 0.3) is 0 Å². The predicted molar refractivity (Wildman–Crippen MR) is 94.9 cm³/mol. The van der Waals surface area contributed by atoms with Crippen molar-refractivity contribution in [1.82, 2.24) is 5.32 Å². The number of halogens is 1. The second kappa shape index (κ2) is 7.05. The maximum Gasteiger partial charge on any atom is 0.227 e. The lowest BCUT2D eigenvalue weighted by Crippen LogP contribution is -2.32. The van der Waals surface area contributed by atoms with Crippen LogP contribution in [-0.4, -0.2) is 18.4 Å². The molecule has 1 saturated heterocycles. The Morgan fingerprint density at radius 2 is 2.04 bits per heavy atom.